The quantitative estimate of drug-likeness (QED) is 0.775. The lowest BCUT2D eigenvalue weighted by atomic mass is 9.95. The Balaban J connectivity index is 2.37. The largest absolute Gasteiger partial charge is 0.313 e. The standard InChI is InChI=1S/C17H18BrF2N/c1-10-4-5-11(2)12(8-10)9-15(21-3)13-6-7-14(19)17(20)16(13)18/h4-8,15,21H,9H2,1-3H3. The Kier molecular flexibility index (Phi) is 5.12. The van der Waals surface area contributed by atoms with Gasteiger partial charge >= 0.3 is 0 Å². The van der Waals surface area contributed by atoms with Gasteiger partial charge in [0.25, 0.3) is 0 Å². The summed E-state index contributed by atoms with van der Waals surface area (Å²) in [6.07, 6.45) is 0.716. The van der Waals surface area contributed by atoms with E-state index in [0.29, 0.717) is 6.42 Å². The van der Waals surface area contributed by atoms with E-state index < -0.39 is 11.6 Å². The minimum atomic E-state index is -0.841. The lowest BCUT2D eigenvalue weighted by molar-refractivity contribution is 0.495. The van der Waals surface area contributed by atoms with Gasteiger partial charge < -0.3 is 5.32 Å². The van der Waals surface area contributed by atoms with E-state index in [9.17, 15) is 8.78 Å². The molecule has 2 aromatic carbocycles. The van der Waals surface area contributed by atoms with E-state index in [0.717, 1.165) is 5.56 Å². The van der Waals surface area contributed by atoms with Crippen molar-refractivity contribution in [2.45, 2.75) is 26.3 Å². The van der Waals surface area contributed by atoms with Crippen molar-refractivity contribution >= 4 is 15.9 Å². The van der Waals surface area contributed by atoms with Gasteiger partial charge in [-0.2, -0.15) is 0 Å². The summed E-state index contributed by atoms with van der Waals surface area (Å²) >= 11 is 3.16. The van der Waals surface area contributed by atoms with Crippen molar-refractivity contribution in [3.8, 4) is 0 Å². The smallest absolute Gasteiger partial charge is 0.173 e. The molecule has 4 heteroatoms. The van der Waals surface area contributed by atoms with Gasteiger partial charge in [-0.25, -0.2) is 8.78 Å². The van der Waals surface area contributed by atoms with Crippen LogP contribution >= 0.6 is 15.9 Å². The highest BCUT2D eigenvalue weighted by atomic mass is 79.9. The second kappa shape index (κ2) is 6.67. The van der Waals surface area contributed by atoms with Gasteiger partial charge in [0.2, 0.25) is 0 Å². The summed E-state index contributed by atoms with van der Waals surface area (Å²) in [5.74, 6) is -1.68. The second-order valence-electron chi connectivity index (χ2n) is 5.24. The molecule has 2 rings (SSSR count). The Morgan fingerprint density at radius 2 is 1.86 bits per heavy atom. The molecule has 0 radical (unpaired) electrons. The Morgan fingerprint density at radius 3 is 2.52 bits per heavy atom. The molecule has 0 fully saturated rings. The van der Waals surface area contributed by atoms with Crippen LogP contribution in [0.4, 0.5) is 8.78 Å². The fourth-order valence-corrected chi connectivity index (χ4v) is 3.02. The molecule has 2 aromatic rings. The zero-order valence-electron chi connectivity index (χ0n) is 12.3. The number of aryl methyl sites for hydroxylation is 2. The molecule has 0 aromatic heterocycles. The molecule has 0 aliphatic heterocycles. The van der Waals surface area contributed by atoms with Crippen molar-refractivity contribution in [1.29, 1.82) is 0 Å². The number of likely N-dealkylation sites (N-methyl/N-ethyl adjacent to an activating group) is 1. The number of rotatable bonds is 4. The van der Waals surface area contributed by atoms with Crippen molar-refractivity contribution in [2.24, 2.45) is 0 Å². The molecular formula is C17H18BrF2N. The zero-order chi connectivity index (χ0) is 15.6. The Morgan fingerprint density at radius 1 is 1.14 bits per heavy atom. The number of nitrogens with one attached hydrogen (secondary N) is 1. The highest BCUT2D eigenvalue weighted by Crippen LogP contribution is 2.30. The molecule has 0 aliphatic carbocycles. The monoisotopic (exact) mass is 353 g/mol. The molecule has 0 aliphatic rings. The number of hydrogen-bond donors (Lipinski definition) is 1. The fourth-order valence-electron chi connectivity index (χ4n) is 2.42. The zero-order valence-corrected chi connectivity index (χ0v) is 13.9. The molecule has 1 atom stereocenters. The maximum Gasteiger partial charge on any atom is 0.173 e. The van der Waals surface area contributed by atoms with E-state index in [-0.39, 0.29) is 10.5 Å². The minimum absolute atomic E-state index is 0.0880. The molecule has 1 N–H and O–H groups in total. The molecule has 112 valence electrons. The molecular weight excluding hydrogens is 336 g/mol. The summed E-state index contributed by atoms with van der Waals surface area (Å²) in [7, 11) is 1.82. The molecule has 0 bridgehead atoms. The van der Waals surface area contributed by atoms with Gasteiger partial charge in [-0.05, 0) is 66.0 Å². The third kappa shape index (κ3) is 3.50. The summed E-state index contributed by atoms with van der Waals surface area (Å²) in [4.78, 5) is 0. The molecule has 0 amide bonds. The summed E-state index contributed by atoms with van der Waals surface area (Å²) in [5, 5.41) is 3.18. The average Bonchev–Trinajstić information content (AvgIpc) is 2.46. The number of hydrogen-bond acceptors (Lipinski definition) is 1. The van der Waals surface area contributed by atoms with Gasteiger partial charge in [0, 0.05) is 6.04 Å². The van der Waals surface area contributed by atoms with Crippen LogP contribution in [0.15, 0.2) is 34.8 Å². The third-order valence-corrected chi connectivity index (χ3v) is 4.52. The lowest BCUT2D eigenvalue weighted by Gasteiger charge is -2.20. The highest BCUT2D eigenvalue weighted by Gasteiger charge is 2.19. The SMILES string of the molecule is CNC(Cc1cc(C)ccc1C)c1ccc(F)c(F)c1Br. The van der Waals surface area contributed by atoms with Gasteiger partial charge in [0.1, 0.15) is 0 Å². The first kappa shape index (κ1) is 16.1. The van der Waals surface area contributed by atoms with Crippen LogP contribution in [0, 0.1) is 25.5 Å². The first-order chi connectivity index (χ1) is 9.93. The molecule has 0 heterocycles. The van der Waals surface area contributed by atoms with E-state index in [4.69, 9.17) is 0 Å². The van der Waals surface area contributed by atoms with Crippen LogP contribution in [0.2, 0.25) is 0 Å². The normalized spacial score (nSPS) is 12.5. The number of halogens is 3. The molecule has 1 unspecified atom stereocenters. The Hall–Kier alpha value is -1.26. The number of benzene rings is 2. The van der Waals surface area contributed by atoms with Crippen LogP contribution in [0.1, 0.15) is 28.3 Å². The van der Waals surface area contributed by atoms with Gasteiger partial charge in [0.05, 0.1) is 4.47 Å². The molecule has 0 saturated carbocycles. The van der Waals surface area contributed by atoms with Gasteiger partial charge in [0.15, 0.2) is 11.6 Å². The summed E-state index contributed by atoms with van der Waals surface area (Å²) in [5.41, 5.74) is 4.30. The van der Waals surface area contributed by atoms with Crippen molar-refractivity contribution < 1.29 is 8.78 Å². The van der Waals surface area contributed by atoms with E-state index >= 15 is 0 Å². The van der Waals surface area contributed by atoms with Gasteiger partial charge in [-0.1, -0.05) is 29.8 Å². The van der Waals surface area contributed by atoms with Crippen LogP contribution in [0.25, 0.3) is 0 Å². The van der Waals surface area contributed by atoms with E-state index in [1.165, 1.54) is 22.8 Å². The van der Waals surface area contributed by atoms with Crippen LogP contribution in [-0.2, 0) is 6.42 Å². The highest BCUT2D eigenvalue weighted by molar-refractivity contribution is 9.10. The van der Waals surface area contributed by atoms with Gasteiger partial charge in [-0.15, -0.1) is 0 Å². The first-order valence-corrected chi connectivity index (χ1v) is 7.60. The van der Waals surface area contributed by atoms with Crippen molar-refractivity contribution in [3.63, 3.8) is 0 Å². The Labute approximate surface area is 132 Å². The van der Waals surface area contributed by atoms with Crippen LogP contribution < -0.4 is 5.32 Å². The maximum atomic E-state index is 13.7. The third-order valence-electron chi connectivity index (χ3n) is 3.72. The maximum absolute atomic E-state index is 13.7. The van der Waals surface area contributed by atoms with E-state index in [1.54, 1.807) is 6.07 Å². The van der Waals surface area contributed by atoms with Crippen molar-refractivity contribution in [2.75, 3.05) is 7.05 Å². The van der Waals surface area contributed by atoms with Crippen LogP contribution in [-0.4, -0.2) is 7.05 Å². The topological polar surface area (TPSA) is 12.0 Å². The first-order valence-electron chi connectivity index (χ1n) is 6.80. The van der Waals surface area contributed by atoms with Crippen LogP contribution in [0.3, 0.4) is 0 Å². The Bertz CT molecular complexity index is 655. The second-order valence-corrected chi connectivity index (χ2v) is 6.03. The minimum Gasteiger partial charge on any atom is -0.313 e. The van der Waals surface area contributed by atoms with Crippen LogP contribution in [0.5, 0.6) is 0 Å². The summed E-state index contributed by atoms with van der Waals surface area (Å²) < 4.78 is 27.2. The van der Waals surface area contributed by atoms with E-state index in [1.807, 2.05) is 14.0 Å². The predicted octanol–water partition coefficient (Wildman–Crippen LogP) is 4.85. The summed E-state index contributed by atoms with van der Waals surface area (Å²) in [6, 6.07) is 8.98. The molecule has 21 heavy (non-hydrogen) atoms. The fraction of sp³-hybridized carbons (Fsp3) is 0.294. The summed E-state index contributed by atoms with van der Waals surface area (Å²) in [6.45, 7) is 4.10. The molecule has 0 spiro atoms. The lowest BCUT2D eigenvalue weighted by Crippen LogP contribution is -2.20. The van der Waals surface area contributed by atoms with Gasteiger partial charge in [-0.3, -0.25) is 0 Å². The van der Waals surface area contributed by atoms with Crippen molar-refractivity contribution in [3.05, 3.63) is 68.7 Å². The van der Waals surface area contributed by atoms with E-state index in [2.05, 4.69) is 46.4 Å². The van der Waals surface area contributed by atoms with Crippen molar-refractivity contribution in [1.82, 2.24) is 5.32 Å². The molecule has 1 nitrogen and oxygen atoms in total. The predicted molar refractivity (Wildman–Crippen MR) is 85.5 cm³/mol. The molecule has 0 saturated heterocycles. The average molecular weight is 354 g/mol.